The number of aromatic amines is 2. The molecule has 54 heavy (non-hydrogen) atoms. The SMILES string of the molecule is CC[C@H](C)CC(=O)N1C[C@@H](C)CC1c1ncc(-c2ccc3c(c2)COc2cc4c(ccc5[nH]c([C@@H]6C[C@H](COC)CN6C(=O)C[C@@H](C)OC)nc54)cc2-3)[nH]1. The molecule has 5 heterocycles. The van der Waals surface area contributed by atoms with E-state index >= 15 is 0 Å². The summed E-state index contributed by atoms with van der Waals surface area (Å²) in [4.78, 5) is 47.7. The first kappa shape index (κ1) is 36.2. The molecule has 5 aromatic rings. The lowest BCUT2D eigenvalue weighted by Crippen LogP contribution is -2.34. The molecule has 2 fully saturated rings. The number of rotatable bonds is 11. The van der Waals surface area contributed by atoms with Gasteiger partial charge < -0.3 is 34.0 Å². The van der Waals surface area contributed by atoms with Crippen molar-refractivity contribution in [2.45, 2.75) is 84.6 Å². The second-order valence-electron chi connectivity index (χ2n) is 16.0. The van der Waals surface area contributed by atoms with E-state index in [1.165, 1.54) is 0 Å². The molecule has 2 aromatic heterocycles. The van der Waals surface area contributed by atoms with Crippen LogP contribution in [0.3, 0.4) is 0 Å². The fraction of sp³-hybridized carbons (Fsp3) is 0.488. The van der Waals surface area contributed by atoms with Gasteiger partial charge in [-0.05, 0) is 77.9 Å². The van der Waals surface area contributed by atoms with Gasteiger partial charge in [0.1, 0.15) is 24.0 Å². The lowest BCUT2D eigenvalue weighted by molar-refractivity contribution is -0.135. The Kier molecular flexibility index (Phi) is 9.95. The number of nitrogens with one attached hydrogen (secondary N) is 2. The predicted molar refractivity (Wildman–Crippen MR) is 209 cm³/mol. The molecule has 2 saturated heterocycles. The highest BCUT2D eigenvalue weighted by molar-refractivity contribution is 6.07. The van der Waals surface area contributed by atoms with Crippen molar-refractivity contribution in [1.29, 1.82) is 0 Å². The first-order valence-electron chi connectivity index (χ1n) is 19.5. The summed E-state index contributed by atoms with van der Waals surface area (Å²) in [5, 5.41) is 2.08. The molecule has 1 unspecified atom stereocenters. The summed E-state index contributed by atoms with van der Waals surface area (Å²) >= 11 is 0. The molecule has 11 heteroatoms. The Morgan fingerprint density at radius 1 is 0.944 bits per heavy atom. The summed E-state index contributed by atoms with van der Waals surface area (Å²) in [6.07, 6.45) is 5.33. The number of carbonyl (C=O) groups is 2. The average molecular weight is 733 g/mol. The van der Waals surface area contributed by atoms with E-state index in [0.717, 1.165) is 93.0 Å². The van der Waals surface area contributed by atoms with Gasteiger partial charge in [0.25, 0.3) is 0 Å². The summed E-state index contributed by atoms with van der Waals surface area (Å²) in [7, 11) is 3.34. The second kappa shape index (κ2) is 14.8. The number of fused-ring (bicyclic) bond motifs is 6. The Balaban J connectivity index is 1.06. The highest BCUT2D eigenvalue weighted by Gasteiger charge is 2.39. The topological polar surface area (TPSA) is 126 Å². The van der Waals surface area contributed by atoms with Crippen LogP contribution in [0.15, 0.2) is 48.7 Å². The quantitative estimate of drug-likeness (QED) is 0.141. The van der Waals surface area contributed by atoms with E-state index in [1.54, 1.807) is 14.2 Å². The number of aromatic nitrogens is 4. The summed E-state index contributed by atoms with van der Waals surface area (Å²) in [5.41, 5.74) is 7.08. The Morgan fingerprint density at radius 3 is 2.54 bits per heavy atom. The number of amides is 2. The minimum Gasteiger partial charge on any atom is -0.488 e. The normalized spacial score (nSPS) is 22.0. The van der Waals surface area contributed by atoms with E-state index in [4.69, 9.17) is 24.2 Å². The number of benzene rings is 3. The fourth-order valence-corrected chi connectivity index (χ4v) is 8.68. The molecule has 6 atom stereocenters. The largest absolute Gasteiger partial charge is 0.488 e. The van der Waals surface area contributed by atoms with Gasteiger partial charge in [0, 0.05) is 50.6 Å². The van der Waals surface area contributed by atoms with Gasteiger partial charge in [-0.15, -0.1) is 0 Å². The highest BCUT2D eigenvalue weighted by Crippen LogP contribution is 2.44. The molecule has 3 aliphatic rings. The van der Waals surface area contributed by atoms with E-state index in [2.05, 4.69) is 73.2 Å². The van der Waals surface area contributed by atoms with Crippen LogP contribution in [0.1, 0.15) is 89.1 Å². The monoisotopic (exact) mass is 732 g/mol. The zero-order chi connectivity index (χ0) is 37.7. The summed E-state index contributed by atoms with van der Waals surface area (Å²) < 4.78 is 17.3. The molecule has 0 bridgehead atoms. The number of hydrogen-bond donors (Lipinski definition) is 2. The predicted octanol–water partition coefficient (Wildman–Crippen LogP) is 7.97. The van der Waals surface area contributed by atoms with Gasteiger partial charge in [0.2, 0.25) is 11.8 Å². The number of ether oxygens (including phenoxy) is 3. The smallest absolute Gasteiger partial charge is 0.225 e. The van der Waals surface area contributed by atoms with Gasteiger partial charge in [-0.1, -0.05) is 45.4 Å². The third-order valence-corrected chi connectivity index (χ3v) is 11.9. The first-order valence-corrected chi connectivity index (χ1v) is 19.5. The van der Waals surface area contributed by atoms with Crippen LogP contribution in [0.2, 0.25) is 0 Å². The van der Waals surface area contributed by atoms with Crippen LogP contribution in [-0.2, 0) is 25.7 Å². The number of methoxy groups -OCH3 is 2. The molecule has 0 saturated carbocycles. The van der Waals surface area contributed by atoms with Crippen LogP contribution in [0.4, 0.5) is 0 Å². The van der Waals surface area contributed by atoms with E-state index in [9.17, 15) is 9.59 Å². The molecule has 2 amide bonds. The number of imidazole rings is 2. The van der Waals surface area contributed by atoms with Crippen LogP contribution < -0.4 is 4.74 Å². The lowest BCUT2D eigenvalue weighted by atomic mass is 9.92. The maximum absolute atomic E-state index is 13.4. The van der Waals surface area contributed by atoms with Crippen LogP contribution in [0.25, 0.3) is 44.2 Å². The molecule has 3 aromatic carbocycles. The van der Waals surface area contributed by atoms with Crippen molar-refractivity contribution in [3.8, 4) is 28.1 Å². The third kappa shape index (κ3) is 6.77. The number of likely N-dealkylation sites (tertiary alicyclic amines) is 2. The van der Waals surface area contributed by atoms with Crippen molar-refractivity contribution in [2.24, 2.45) is 17.8 Å². The zero-order valence-electron chi connectivity index (χ0n) is 32.3. The van der Waals surface area contributed by atoms with Crippen molar-refractivity contribution < 1.29 is 23.8 Å². The molecule has 284 valence electrons. The van der Waals surface area contributed by atoms with Crippen molar-refractivity contribution in [2.75, 3.05) is 33.9 Å². The average Bonchev–Trinajstić information content (AvgIpc) is 3.99. The summed E-state index contributed by atoms with van der Waals surface area (Å²) in [6, 6.07) is 14.8. The van der Waals surface area contributed by atoms with Gasteiger partial charge in [0.05, 0.1) is 54.1 Å². The molecule has 8 rings (SSSR count). The van der Waals surface area contributed by atoms with Gasteiger partial charge in [-0.2, -0.15) is 0 Å². The van der Waals surface area contributed by atoms with Crippen LogP contribution in [0, 0.1) is 17.8 Å². The van der Waals surface area contributed by atoms with Crippen molar-refractivity contribution in [3.05, 3.63) is 65.9 Å². The van der Waals surface area contributed by atoms with Crippen molar-refractivity contribution >= 4 is 33.6 Å². The van der Waals surface area contributed by atoms with Crippen LogP contribution >= 0.6 is 0 Å². The Bertz CT molecular complexity index is 2190. The number of carbonyl (C=O) groups excluding carboxylic acids is 2. The minimum atomic E-state index is -0.164. The standard InChI is InChI=1S/C43H52N6O5/c1-7-24(2)13-39(50)48-20-25(3)12-36(48)42-44-19-35(46-42)29-8-10-31-30(16-29)23-54-38-18-32-28(17-33(31)38)9-11-34-41(32)47-43(45-34)37-15-27(22-52-5)21-49(37)40(51)14-26(4)53-6/h8-11,16-19,24-27,36-37H,7,12-15,20-23H2,1-6H3,(H,44,46)(H,45,47)/t24-,25-,26+,27-,36?,37-/m0/s1. The number of nitrogens with zero attached hydrogens (tertiary/aromatic N) is 4. The highest BCUT2D eigenvalue weighted by atomic mass is 16.5. The summed E-state index contributed by atoms with van der Waals surface area (Å²) in [6.45, 7) is 10.9. The third-order valence-electron chi connectivity index (χ3n) is 11.9. The van der Waals surface area contributed by atoms with Gasteiger partial charge in [-0.25, -0.2) is 9.97 Å². The molecular formula is C43H52N6O5. The van der Waals surface area contributed by atoms with Crippen molar-refractivity contribution in [3.63, 3.8) is 0 Å². The number of H-pyrrole nitrogens is 2. The lowest BCUT2D eigenvalue weighted by Gasteiger charge is -2.24. The maximum atomic E-state index is 13.4. The molecule has 3 aliphatic heterocycles. The van der Waals surface area contributed by atoms with Crippen LogP contribution in [-0.4, -0.2) is 81.6 Å². The van der Waals surface area contributed by atoms with E-state index in [-0.39, 0.29) is 35.9 Å². The molecule has 2 N–H and O–H groups in total. The van der Waals surface area contributed by atoms with Crippen LogP contribution in [0.5, 0.6) is 5.75 Å². The van der Waals surface area contributed by atoms with Crippen molar-refractivity contribution in [1.82, 2.24) is 29.7 Å². The van der Waals surface area contributed by atoms with Gasteiger partial charge in [0.15, 0.2) is 0 Å². The molecule has 11 nitrogen and oxygen atoms in total. The maximum Gasteiger partial charge on any atom is 0.225 e. The minimum absolute atomic E-state index is 0.0274. The Hall–Kier alpha value is -4.74. The molecule has 0 spiro atoms. The van der Waals surface area contributed by atoms with E-state index in [1.807, 2.05) is 22.9 Å². The first-order chi connectivity index (χ1) is 26.1. The van der Waals surface area contributed by atoms with Gasteiger partial charge >= 0.3 is 0 Å². The van der Waals surface area contributed by atoms with E-state index < -0.39 is 0 Å². The molecular weight excluding hydrogens is 681 g/mol. The zero-order valence-corrected chi connectivity index (χ0v) is 32.3. The Labute approximate surface area is 316 Å². The summed E-state index contributed by atoms with van der Waals surface area (Å²) in [5.74, 6) is 3.80. The fourth-order valence-electron chi connectivity index (χ4n) is 8.68. The van der Waals surface area contributed by atoms with Gasteiger partial charge in [-0.3, -0.25) is 9.59 Å². The Morgan fingerprint density at radius 2 is 1.74 bits per heavy atom. The number of hydrogen-bond acceptors (Lipinski definition) is 7. The van der Waals surface area contributed by atoms with E-state index in [0.29, 0.717) is 44.4 Å². The second-order valence-corrected chi connectivity index (χ2v) is 16.0. The molecule has 0 aliphatic carbocycles. The molecule has 0 radical (unpaired) electrons.